The second-order valence-electron chi connectivity index (χ2n) is 8.65. The summed E-state index contributed by atoms with van der Waals surface area (Å²) in [5.41, 5.74) is 7.31. The quantitative estimate of drug-likeness (QED) is 0.730. The Morgan fingerprint density at radius 1 is 1.23 bits per heavy atom. The van der Waals surface area contributed by atoms with Gasteiger partial charge in [0.2, 0.25) is 5.91 Å². The van der Waals surface area contributed by atoms with E-state index in [-0.39, 0.29) is 48.6 Å². The molecule has 1 saturated carbocycles. The first-order chi connectivity index (χ1) is 14.7. The number of halogens is 1. The van der Waals surface area contributed by atoms with Crippen LogP contribution in [0.1, 0.15) is 55.7 Å². The minimum atomic E-state index is -0.681. The molecule has 2 aliphatic rings. The third-order valence-corrected chi connectivity index (χ3v) is 6.26. The Morgan fingerprint density at radius 2 is 1.97 bits per heavy atom. The van der Waals surface area contributed by atoms with Gasteiger partial charge in [-0.2, -0.15) is 5.10 Å². The third kappa shape index (κ3) is 3.84. The molecule has 0 aromatic carbocycles. The number of aromatic nitrogens is 3. The molecule has 0 unspecified atom stereocenters. The molecule has 1 aliphatic carbocycles. The van der Waals surface area contributed by atoms with Crippen molar-refractivity contribution in [2.45, 2.75) is 65.1 Å². The van der Waals surface area contributed by atoms with Crippen molar-refractivity contribution in [2.75, 3.05) is 0 Å². The Balaban J connectivity index is 1.56. The Labute approximate surface area is 179 Å². The fourth-order valence-corrected chi connectivity index (χ4v) is 4.56. The van der Waals surface area contributed by atoms with Gasteiger partial charge in [-0.15, -0.1) is 0 Å². The summed E-state index contributed by atoms with van der Waals surface area (Å²) >= 11 is 0. The van der Waals surface area contributed by atoms with E-state index in [0.717, 1.165) is 6.42 Å². The van der Waals surface area contributed by atoms with Gasteiger partial charge in [-0.1, -0.05) is 0 Å². The normalized spacial score (nSPS) is 21.8. The summed E-state index contributed by atoms with van der Waals surface area (Å²) in [6.45, 7) is 5.00. The Kier molecular flexibility index (Phi) is 5.36. The van der Waals surface area contributed by atoms with Gasteiger partial charge in [0.05, 0.1) is 23.1 Å². The molecule has 0 radical (unpaired) electrons. The molecule has 3 atom stereocenters. The number of fused-ring (bicyclic) bond motifs is 2. The van der Waals surface area contributed by atoms with Crippen LogP contribution in [0, 0.1) is 12.8 Å². The molecule has 0 spiro atoms. The summed E-state index contributed by atoms with van der Waals surface area (Å²) in [5, 5.41) is 4.81. The van der Waals surface area contributed by atoms with E-state index in [1.165, 1.54) is 4.68 Å². The van der Waals surface area contributed by atoms with Crippen LogP contribution in [-0.2, 0) is 16.1 Å². The van der Waals surface area contributed by atoms with Crippen LogP contribution < -0.4 is 5.73 Å². The van der Waals surface area contributed by atoms with Crippen molar-refractivity contribution < 1.29 is 18.8 Å². The van der Waals surface area contributed by atoms with E-state index >= 15 is 0 Å². The fourth-order valence-electron chi connectivity index (χ4n) is 4.56. The van der Waals surface area contributed by atoms with Crippen LogP contribution in [0.15, 0.2) is 23.7 Å². The monoisotopic (exact) mass is 427 g/mol. The molecule has 3 heterocycles. The number of pyridine rings is 1. The third-order valence-electron chi connectivity index (χ3n) is 6.26. The van der Waals surface area contributed by atoms with Crippen LogP contribution in [0.2, 0.25) is 0 Å². The number of nitrogens with zero attached hydrogens (tertiary/aromatic N) is 4. The van der Waals surface area contributed by atoms with Crippen molar-refractivity contribution in [3.63, 3.8) is 0 Å². The minimum Gasteiger partial charge on any atom is -0.364 e. The SMILES string of the molecule is CC(C)=C(F)CCC(=O)[C@@H]1C[C@H]2C[C@H]2N1C(=O)Cn1nc(C(N)=O)c2ccnc(C)c21. The largest absolute Gasteiger partial charge is 0.364 e. The molecule has 2 aromatic rings. The Morgan fingerprint density at radius 3 is 2.65 bits per heavy atom. The zero-order valence-electron chi connectivity index (χ0n) is 17.9. The zero-order chi connectivity index (χ0) is 22.4. The van der Waals surface area contributed by atoms with Crippen LogP contribution in [-0.4, -0.2) is 49.3 Å². The lowest BCUT2D eigenvalue weighted by Gasteiger charge is -2.27. The van der Waals surface area contributed by atoms with Crippen molar-refractivity contribution in [2.24, 2.45) is 11.7 Å². The van der Waals surface area contributed by atoms with Crippen molar-refractivity contribution in [3.8, 4) is 0 Å². The van der Waals surface area contributed by atoms with Crippen LogP contribution in [0.4, 0.5) is 4.39 Å². The van der Waals surface area contributed by atoms with Gasteiger partial charge in [0.1, 0.15) is 6.54 Å². The first kappa shape index (κ1) is 21.1. The Hall–Kier alpha value is -3.10. The summed E-state index contributed by atoms with van der Waals surface area (Å²) in [6, 6.07) is 1.16. The molecule has 2 aromatic heterocycles. The first-order valence-corrected chi connectivity index (χ1v) is 10.5. The number of Topliss-reactive ketones (excluding diaryl/α,β-unsaturated/α-hetero) is 1. The van der Waals surface area contributed by atoms with E-state index in [9.17, 15) is 18.8 Å². The fraction of sp³-hybridized carbons (Fsp3) is 0.500. The number of allylic oxidation sites excluding steroid dienone is 2. The van der Waals surface area contributed by atoms with E-state index in [4.69, 9.17) is 5.73 Å². The highest BCUT2D eigenvalue weighted by Gasteiger charge is 2.55. The van der Waals surface area contributed by atoms with Gasteiger partial charge in [0.15, 0.2) is 11.5 Å². The molecule has 2 N–H and O–H groups in total. The molecule has 0 bridgehead atoms. The number of piperidine rings is 1. The van der Waals surface area contributed by atoms with E-state index < -0.39 is 11.9 Å². The van der Waals surface area contributed by atoms with Crippen molar-refractivity contribution in [1.82, 2.24) is 19.7 Å². The highest BCUT2D eigenvalue weighted by atomic mass is 19.1. The van der Waals surface area contributed by atoms with Crippen molar-refractivity contribution >= 4 is 28.5 Å². The van der Waals surface area contributed by atoms with Crippen LogP contribution in [0.3, 0.4) is 0 Å². The van der Waals surface area contributed by atoms with Crippen molar-refractivity contribution in [1.29, 1.82) is 0 Å². The van der Waals surface area contributed by atoms with Gasteiger partial charge in [0, 0.05) is 30.5 Å². The van der Waals surface area contributed by atoms with E-state index in [1.54, 1.807) is 37.9 Å². The number of aryl methyl sites for hydroxylation is 1. The van der Waals surface area contributed by atoms with Crippen LogP contribution in [0.5, 0.6) is 0 Å². The number of carbonyl (C=O) groups excluding carboxylic acids is 3. The molecule has 1 aliphatic heterocycles. The molecule has 164 valence electrons. The number of primary amides is 1. The summed E-state index contributed by atoms with van der Waals surface area (Å²) < 4.78 is 15.3. The number of hydrogen-bond donors (Lipinski definition) is 1. The molecule has 2 fully saturated rings. The van der Waals surface area contributed by atoms with E-state index in [2.05, 4.69) is 10.1 Å². The summed E-state index contributed by atoms with van der Waals surface area (Å²) in [7, 11) is 0. The molecular weight excluding hydrogens is 401 g/mol. The predicted molar refractivity (Wildman–Crippen MR) is 112 cm³/mol. The van der Waals surface area contributed by atoms with Crippen LogP contribution >= 0.6 is 0 Å². The number of carbonyl (C=O) groups is 3. The Bertz CT molecular complexity index is 1120. The van der Waals surface area contributed by atoms with Crippen molar-refractivity contribution in [3.05, 3.63) is 35.1 Å². The predicted octanol–water partition coefficient (Wildman–Crippen LogP) is 2.44. The van der Waals surface area contributed by atoms with Gasteiger partial charge < -0.3 is 10.6 Å². The van der Waals surface area contributed by atoms with Gasteiger partial charge >= 0.3 is 0 Å². The highest BCUT2D eigenvalue weighted by Crippen LogP contribution is 2.48. The average Bonchev–Trinajstić information content (AvgIpc) is 3.20. The number of nitrogens with two attached hydrogens (primary N) is 1. The number of likely N-dealkylation sites (tertiary alicyclic amines) is 1. The van der Waals surface area contributed by atoms with Gasteiger partial charge in [-0.25, -0.2) is 4.39 Å². The molecular formula is C22H26FN5O3. The van der Waals surface area contributed by atoms with E-state index in [1.807, 2.05) is 0 Å². The average molecular weight is 427 g/mol. The summed E-state index contributed by atoms with van der Waals surface area (Å²) in [4.78, 5) is 43.7. The maximum atomic E-state index is 13.8. The topological polar surface area (TPSA) is 111 Å². The van der Waals surface area contributed by atoms with Crippen LogP contribution in [0.25, 0.3) is 10.9 Å². The summed E-state index contributed by atoms with van der Waals surface area (Å²) in [6.07, 6.45) is 3.20. The molecule has 1 saturated heterocycles. The number of amides is 2. The van der Waals surface area contributed by atoms with Gasteiger partial charge in [-0.3, -0.25) is 24.0 Å². The molecule has 8 nitrogen and oxygen atoms in total. The lowest BCUT2D eigenvalue weighted by Crippen LogP contribution is -2.44. The first-order valence-electron chi connectivity index (χ1n) is 10.5. The molecule has 2 amide bonds. The molecule has 31 heavy (non-hydrogen) atoms. The lowest BCUT2D eigenvalue weighted by atomic mass is 10.0. The van der Waals surface area contributed by atoms with Gasteiger partial charge in [-0.05, 0) is 51.2 Å². The molecule has 4 rings (SSSR count). The highest BCUT2D eigenvalue weighted by molar-refractivity contribution is 6.04. The smallest absolute Gasteiger partial charge is 0.269 e. The number of ketones is 1. The van der Waals surface area contributed by atoms with Gasteiger partial charge in [0.25, 0.3) is 5.91 Å². The molecule has 9 heteroatoms. The zero-order valence-corrected chi connectivity index (χ0v) is 17.9. The second-order valence-corrected chi connectivity index (χ2v) is 8.65. The maximum Gasteiger partial charge on any atom is 0.269 e. The summed E-state index contributed by atoms with van der Waals surface area (Å²) in [5.74, 6) is -0.989. The maximum absolute atomic E-state index is 13.8. The standard InChI is InChI=1S/C22H26FN5O3/c1-11(2)15(23)4-5-18(29)17-9-13-8-16(13)28(17)19(30)10-27-21-12(3)25-7-6-14(21)20(26-27)22(24)31/h6-7,13,16-17H,4-5,8-10H2,1-3H3,(H2,24,31)/t13-,16-,17+/m1/s1. The van der Waals surface area contributed by atoms with E-state index in [0.29, 0.717) is 34.5 Å². The lowest BCUT2D eigenvalue weighted by molar-refractivity contribution is -0.139. The second kappa shape index (κ2) is 7.86. The number of hydrogen-bond acceptors (Lipinski definition) is 5. The minimum absolute atomic E-state index is 0.0476. The number of rotatable bonds is 7.